The van der Waals surface area contributed by atoms with Gasteiger partial charge in [0, 0.05) is 19.5 Å². The first-order valence-electron chi connectivity index (χ1n) is 8.76. The lowest BCUT2D eigenvalue weighted by Gasteiger charge is -2.35. The van der Waals surface area contributed by atoms with Gasteiger partial charge in [-0.3, -0.25) is 9.69 Å². The highest BCUT2D eigenvalue weighted by molar-refractivity contribution is 5.95. The van der Waals surface area contributed by atoms with Gasteiger partial charge in [0.25, 0.3) is 0 Å². The molecule has 1 aromatic heterocycles. The van der Waals surface area contributed by atoms with Crippen molar-refractivity contribution in [3.05, 3.63) is 54.1 Å². The van der Waals surface area contributed by atoms with Gasteiger partial charge in [-0.25, -0.2) is 9.97 Å². The highest BCUT2D eigenvalue weighted by Crippen LogP contribution is 2.26. The molecule has 2 heterocycles. The number of carbonyl (C=O) groups excluding carboxylic acids is 1. The number of nitrogens with zero attached hydrogens (tertiary/aromatic N) is 3. The Morgan fingerprint density at radius 2 is 1.88 bits per heavy atom. The molecule has 25 heavy (non-hydrogen) atoms. The summed E-state index contributed by atoms with van der Waals surface area (Å²) in [5.74, 6) is 0.651. The molecule has 1 saturated heterocycles. The summed E-state index contributed by atoms with van der Waals surface area (Å²) in [5.41, 5.74) is 1.54. The number of aliphatic hydroxyl groups is 1. The van der Waals surface area contributed by atoms with E-state index < -0.39 is 0 Å². The van der Waals surface area contributed by atoms with Gasteiger partial charge < -0.3 is 10.4 Å². The molecule has 2 aromatic rings. The standard InChI is InChI=1S/C19H24N4O2/c1-2-17-20-12-15(13-21-17)22-19(25)18(14-6-4-3-5-7-14)23-10-8-16(24)9-11-23/h3-7,12-13,16,18,24H,2,8-11H2,1H3,(H,22,25). The number of anilines is 1. The molecule has 1 unspecified atom stereocenters. The van der Waals surface area contributed by atoms with E-state index in [9.17, 15) is 9.90 Å². The maximum Gasteiger partial charge on any atom is 0.246 e. The fraction of sp³-hybridized carbons (Fsp3) is 0.421. The third-order valence-electron chi connectivity index (χ3n) is 4.52. The molecule has 0 bridgehead atoms. The Kier molecular flexibility index (Phi) is 5.73. The van der Waals surface area contributed by atoms with Gasteiger partial charge in [-0.15, -0.1) is 0 Å². The van der Waals surface area contributed by atoms with E-state index in [1.165, 1.54) is 0 Å². The van der Waals surface area contributed by atoms with Crippen molar-refractivity contribution >= 4 is 11.6 Å². The monoisotopic (exact) mass is 340 g/mol. The molecule has 1 aliphatic rings. The minimum absolute atomic E-state index is 0.101. The summed E-state index contributed by atoms with van der Waals surface area (Å²) in [6, 6.07) is 9.36. The van der Waals surface area contributed by atoms with Crippen molar-refractivity contribution < 1.29 is 9.90 Å². The summed E-state index contributed by atoms with van der Waals surface area (Å²) in [7, 11) is 0. The van der Waals surface area contributed by atoms with E-state index in [1.54, 1.807) is 12.4 Å². The number of likely N-dealkylation sites (tertiary alicyclic amines) is 1. The van der Waals surface area contributed by atoms with E-state index in [-0.39, 0.29) is 18.1 Å². The Morgan fingerprint density at radius 1 is 1.24 bits per heavy atom. The topological polar surface area (TPSA) is 78.4 Å². The number of carbonyl (C=O) groups is 1. The van der Waals surface area contributed by atoms with Crippen molar-refractivity contribution in [3.8, 4) is 0 Å². The number of aliphatic hydroxyl groups excluding tert-OH is 1. The van der Waals surface area contributed by atoms with Crippen LogP contribution in [0.3, 0.4) is 0 Å². The highest BCUT2D eigenvalue weighted by Gasteiger charge is 2.30. The van der Waals surface area contributed by atoms with Crippen LogP contribution in [0.25, 0.3) is 0 Å². The van der Waals surface area contributed by atoms with E-state index in [1.807, 2.05) is 37.3 Å². The Balaban J connectivity index is 1.79. The van der Waals surface area contributed by atoms with Gasteiger partial charge in [0.05, 0.1) is 24.2 Å². The van der Waals surface area contributed by atoms with Crippen LogP contribution in [0.1, 0.15) is 37.2 Å². The Bertz CT molecular complexity index is 682. The number of amides is 1. The molecule has 1 amide bonds. The van der Waals surface area contributed by atoms with Gasteiger partial charge in [-0.2, -0.15) is 0 Å². The molecule has 0 radical (unpaired) electrons. The molecule has 1 aliphatic heterocycles. The molecular weight excluding hydrogens is 316 g/mol. The van der Waals surface area contributed by atoms with Crippen LogP contribution in [-0.2, 0) is 11.2 Å². The van der Waals surface area contributed by atoms with Gasteiger partial charge in [0.1, 0.15) is 11.9 Å². The van der Waals surface area contributed by atoms with Gasteiger partial charge in [-0.05, 0) is 18.4 Å². The number of aryl methyl sites for hydroxylation is 1. The second-order valence-electron chi connectivity index (χ2n) is 6.31. The third-order valence-corrected chi connectivity index (χ3v) is 4.52. The molecule has 2 N–H and O–H groups in total. The molecule has 0 aliphatic carbocycles. The van der Waals surface area contributed by atoms with Gasteiger partial charge in [0.2, 0.25) is 5.91 Å². The second kappa shape index (κ2) is 8.18. The number of aromatic nitrogens is 2. The number of hydrogen-bond acceptors (Lipinski definition) is 5. The maximum absolute atomic E-state index is 13.0. The summed E-state index contributed by atoms with van der Waals surface area (Å²) >= 11 is 0. The smallest absolute Gasteiger partial charge is 0.246 e. The number of nitrogens with one attached hydrogen (secondary N) is 1. The molecule has 1 fully saturated rings. The van der Waals surface area contributed by atoms with Crippen LogP contribution in [0, 0.1) is 0 Å². The molecule has 6 heteroatoms. The Hall–Kier alpha value is -2.31. The van der Waals surface area contributed by atoms with Crippen LogP contribution in [0.4, 0.5) is 5.69 Å². The normalized spacial score (nSPS) is 17.2. The van der Waals surface area contributed by atoms with Crippen LogP contribution in [0.5, 0.6) is 0 Å². The van der Waals surface area contributed by atoms with E-state index in [0.717, 1.165) is 17.8 Å². The first-order valence-corrected chi connectivity index (χ1v) is 8.76. The van der Waals surface area contributed by atoms with E-state index >= 15 is 0 Å². The summed E-state index contributed by atoms with van der Waals surface area (Å²) in [5, 5.41) is 12.7. The van der Waals surface area contributed by atoms with Crippen molar-refractivity contribution in [1.29, 1.82) is 0 Å². The average molecular weight is 340 g/mol. The molecule has 1 atom stereocenters. The summed E-state index contributed by atoms with van der Waals surface area (Å²) < 4.78 is 0. The lowest BCUT2D eigenvalue weighted by molar-refractivity contribution is -0.122. The van der Waals surface area contributed by atoms with Crippen LogP contribution in [0.2, 0.25) is 0 Å². The number of piperidine rings is 1. The molecule has 132 valence electrons. The predicted octanol–water partition coefficient (Wildman–Crippen LogP) is 2.18. The molecule has 0 saturated carbocycles. The Morgan fingerprint density at radius 3 is 2.48 bits per heavy atom. The summed E-state index contributed by atoms with van der Waals surface area (Å²) in [4.78, 5) is 23.6. The largest absolute Gasteiger partial charge is 0.393 e. The first-order chi connectivity index (χ1) is 12.2. The molecule has 0 spiro atoms. The van der Waals surface area contributed by atoms with E-state index in [0.29, 0.717) is 31.6 Å². The minimum atomic E-state index is -0.389. The zero-order valence-corrected chi connectivity index (χ0v) is 14.4. The highest BCUT2D eigenvalue weighted by atomic mass is 16.3. The quantitative estimate of drug-likeness (QED) is 0.872. The molecule has 3 rings (SSSR count). The fourth-order valence-corrected chi connectivity index (χ4v) is 3.12. The predicted molar refractivity (Wildman–Crippen MR) is 96.0 cm³/mol. The molecule has 1 aromatic carbocycles. The van der Waals surface area contributed by atoms with Gasteiger partial charge in [-0.1, -0.05) is 37.3 Å². The lowest BCUT2D eigenvalue weighted by atomic mass is 10.00. The van der Waals surface area contributed by atoms with Crippen molar-refractivity contribution in [2.24, 2.45) is 0 Å². The summed E-state index contributed by atoms with van der Waals surface area (Å²) in [6.45, 7) is 3.38. The van der Waals surface area contributed by atoms with Gasteiger partial charge >= 0.3 is 0 Å². The van der Waals surface area contributed by atoms with Crippen LogP contribution >= 0.6 is 0 Å². The Labute approximate surface area is 147 Å². The zero-order chi connectivity index (χ0) is 17.6. The fourth-order valence-electron chi connectivity index (χ4n) is 3.12. The summed E-state index contributed by atoms with van der Waals surface area (Å²) in [6.07, 6.45) is 5.15. The van der Waals surface area contributed by atoms with Crippen LogP contribution in [0.15, 0.2) is 42.7 Å². The first kappa shape index (κ1) is 17.5. The zero-order valence-electron chi connectivity index (χ0n) is 14.4. The van der Waals surface area contributed by atoms with E-state index in [2.05, 4.69) is 20.2 Å². The van der Waals surface area contributed by atoms with Crippen LogP contribution in [-0.4, -0.2) is 45.1 Å². The maximum atomic E-state index is 13.0. The number of hydrogen-bond donors (Lipinski definition) is 2. The van der Waals surface area contributed by atoms with Crippen LogP contribution < -0.4 is 5.32 Å². The minimum Gasteiger partial charge on any atom is -0.393 e. The van der Waals surface area contributed by atoms with Gasteiger partial charge in [0.15, 0.2) is 0 Å². The van der Waals surface area contributed by atoms with Crippen molar-refractivity contribution in [1.82, 2.24) is 14.9 Å². The number of rotatable bonds is 5. The lowest BCUT2D eigenvalue weighted by Crippen LogP contribution is -2.43. The van der Waals surface area contributed by atoms with Crippen molar-refractivity contribution in [2.45, 2.75) is 38.3 Å². The molecule has 6 nitrogen and oxygen atoms in total. The van der Waals surface area contributed by atoms with Crippen molar-refractivity contribution in [2.75, 3.05) is 18.4 Å². The average Bonchev–Trinajstić information content (AvgIpc) is 2.65. The second-order valence-corrected chi connectivity index (χ2v) is 6.31. The third kappa shape index (κ3) is 4.41. The molecular formula is C19H24N4O2. The SMILES string of the molecule is CCc1ncc(NC(=O)C(c2ccccc2)N2CCC(O)CC2)cn1. The van der Waals surface area contributed by atoms with Crippen molar-refractivity contribution in [3.63, 3.8) is 0 Å². The number of benzene rings is 1. The van der Waals surface area contributed by atoms with E-state index in [4.69, 9.17) is 0 Å².